The Balaban J connectivity index is 1.57. The topological polar surface area (TPSA) is 132 Å². The van der Waals surface area contributed by atoms with Crippen LogP contribution in [0.5, 0.6) is 5.88 Å². The van der Waals surface area contributed by atoms with Gasteiger partial charge in [-0.3, -0.25) is 4.79 Å². The molecule has 1 aliphatic heterocycles. The highest BCUT2D eigenvalue weighted by Crippen LogP contribution is 2.40. The van der Waals surface area contributed by atoms with Gasteiger partial charge in [0.2, 0.25) is 5.88 Å². The quantitative estimate of drug-likeness (QED) is 0.646. The number of anilines is 1. The maximum Gasteiger partial charge on any atom is 0.277 e. The lowest BCUT2D eigenvalue weighted by molar-refractivity contribution is 0.0967. The Bertz CT molecular complexity index is 1230. The summed E-state index contributed by atoms with van der Waals surface area (Å²) in [6.45, 7) is 4.87. The Kier molecular flexibility index (Phi) is 4.88. The summed E-state index contributed by atoms with van der Waals surface area (Å²) in [6.07, 6.45) is 4.56. The SMILES string of the molecule is CO[C@@H]1Cc2cc3c(c(NC(=O)c4nn5c(c4S(=N)(N)=O)OCC(C)(C)C5)c2C1)CCC3. The maximum absolute atomic E-state index is 13.5. The molecule has 0 fully saturated rings. The Morgan fingerprint density at radius 3 is 2.84 bits per heavy atom. The van der Waals surface area contributed by atoms with Crippen molar-refractivity contribution in [3.63, 3.8) is 0 Å². The van der Waals surface area contributed by atoms with Crippen LogP contribution < -0.4 is 15.2 Å². The first-order chi connectivity index (χ1) is 15.1. The van der Waals surface area contributed by atoms with Crippen LogP contribution in [0.2, 0.25) is 0 Å². The van der Waals surface area contributed by atoms with Gasteiger partial charge in [-0.15, -0.1) is 0 Å². The van der Waals surface area contributed by atoms with Crippen molar-refractivity contribution < 1.29 is 18.5 Å². The van der Waals surface area contributed by atoms with Crippen LogP contribution in [0.3, 0.4) is 0 Å². The number of hydrogen-bond donors (Lipinski definition) is 3. The second-order valence-electron chi connectivity index (χ2n) is 9.79. The lowest BCUT2D eigenvalue weighted by atomic mass is 9.94. The molecule has 0 bridgehead atoms. The van der Waals surface area contributed by atoms with E-state index in [0.29, 0.717) is 13.2 Å². The van der Waals surface area contributed by atoms with E-state index in [2.05, 4.69) is 16.5 Å². The largest absolute Gasteiger partial charge is 0.476 e. The first-order valence-electron chi connectivity index (χ1n) is 10.9. The molecule has 0 saturated heterocycles. The van der Waals surface area contributed by atoms with Gasteiger partial charge in [0.25, 0.3) is 5.91 Å². The summed E-state index contributed by atoms with van der Waals surface area (Å²) in [5, 5.41) is 13.2. The van der Waals surface area contributed by atoms with Crippen molar-refractivity contribution in [1.82, 2.24) is 9.78 Å². The second-order valence-corrected chi connectivity index (χ2v) is 11.4. The number of amides is 1. The number of nitrogens with one attached hydrogen (secondary N) is 2. The lowest BCUT2D eigenvalue weighted by Crippen LogP contribution is -2.33. The highest BCUT2D eigenvalue weighted by Gasteiger charge is 2.37. The molecule has 10 heteroatoms. The van der Waals surface area contributed by atoms with Crippen molar-refractivity contribution in [1.29, 1.82) is 4.78 Å². The Morgan fingerprint density at radius 2 is 2.12 bits per heavy atom. The zero-order chi connectivity index (χ0) is 22.8. The van der Waals surface area contributed by atoms with E-state index >= 15 is 0 Å². The van der Waals surface area contributed by atoms with Crippen molar-refractivity contribution in [2.45, 2.75) is 63.5 Å². The van der Waals surface area contributed by atoms with Gasteiger partial charge in [0.1, 0.15) is 9.92 Å². The molecule has 2 atom stereocenters. The van der Waals surface area contributed by atoms with Crippen LogP contribution in [0, 0.1) is 10.2 Å². The van der Waals surface area contributed by atoms with Gasteiger partial charge in [-0.25, -0.2) is 18.8 Å². The van der Waals surface area contributed by atoms with Gasteiger partial charge in [0.05, 0.1) is 19.3 Å². The number of rotatable bonds is 4. The van der Waals surface area contributed by atoms with Crippen molar-refractivity contribution in [3.05, 3.63) is 34.0 Å². The summed E-state index contributed by atoms with van der Waals surface area (Å²) in [7, 11) is -2.02. The molecule has 5 rings (SSSR count). The molecule has 2 heterocycles. The number of carbonyl (C=O) groups excluding carboxylic acids is 1. The summed E-state index contributed by atoms with van der Waals surface area (Å²) in [5.41, 5.74) is 5.19. The number of aromatic nitrogens is 2. The summed E-state index contributed by atoms with van der Waals surface area (Å²) < 4.78 is 33.5. The van der Waals surface area contributed by atoms with Crippen molar-refractivity contribution in [2.24, 2.45) is 10.6 Å². The average molecular weight is 460 g/mol. The number of nitrogens with two attached hydrogens (primary N) is 1. The predicted octanol–water partition coefficient (Wildman–Crippen LogP) is 2.44. The van der Waals surface area contributed by atoms with Gasteiger partial charge in [0.15, 0.2) is 10.6 Å². The zero-order valence-corrected chi connectivity index (χ0v) is 19.4. The zero-order valence-electron chi connectivity index (χ0n) is 18.6. The fourth-order valence-electron chi connectivity index (χ4n) is 5.12. The number of benzene rings is 1. The third-order valence-electron chi connectivity index (χ3n) is 6.61. The average Bonchev–Trinajstić information content (AvgIpc) is 3.41. The molecule has 2 aromatic rings. The number of hydrogen-bond acceptors (Lipinski definition) is 6. The lowest BCUT2D eigenvalue weighted by Gasteiger charge is -2.30. The standard InChI is InChI=1S/C22H29N5O4S/c1-22(2)10-27-21(31-11-22)19(32(23,24)29)18(26-27)20(28)25-17-15-6-4-5-12(15)7-13-8-14(30-3)9-16(13)17/h7,14H,4-6,8-11H2,1-3H3,(H,25,28)(H3,23,24,29)/t14-/m1/s1. The Labute approximate surface area is 187 Å². The van der Waals surface area contributed by atoms with E-state index in [1.165, 1.54) is 15.8 Å². The van der Waals surface area contributed by atoms with Crippen molar-refractivity contribution in [3.8, 4) is 5.88 Å². The van der Waals surface area contributed by atoms with Gasteiger partial charge >= 0.3 is 0 Å². The van der Waals surface area contributed by atoms with E-state index < -0.39 is 15.8 Å². The molecule has 32 heavy (non-hydrogen) atoms. The molecular weight excluding hydrogens is 430 g/mol. The van der Waals surface area contributed by atoms with Crippen molar-refractivity contribution >= 4 is 21.5 Å². The molecule has 3 aliphatic rings. The molecule has 0 saturated carbocycles. The van der Waals surface area contributed by atoms with E-state index in [4.69, 9.17) is 19.4 Å². The molecule has 9 nitrogen and oxygen atoms in total. The summed E-state index contributed by atoms with van der Waals surface area (Å²) in [4.78, 5) is 13.3. The van der Waals surface area contributed by atoms with Gasteiger partial charge in [-0.05, 0) is 47.9 Å². The first-order valence-corrected chi connectivity index (χ1v) is 12.5. The predicted molar refractivity (Wildman–Crippen MR) is 119 cm³/mol. The van der Waals surface area contributed by atoms with Gasteiger partial charge in [-0.1, -0.05) is 19.9 Å². The molecule has 2 aliphatic carbocycles. The summed E-state index contributed by atoms with van der Waals surface area (Å²) >= 11 is 0. The van der Waals surface area contributed by atoms with Crippen LogP contribution in [0.1, 0.15) is 53.0 Å². The highest BCUT2D eigenvalue weighted by molar-refractivity contribution is 7.90. The van der Waals surface area contributed by atoms with Crippen molar-refractivity contribution in [2.75, 3.05) is 19.0 Å². The van der Waals surface area contributed by atoms with Crippen LogP contribution in [0.4, 0.5) is 5.69 Å². The Morgan fingerprint density at radius 1 is 1.34 bits per heavy atom. The van der Waals surface area contributed by atoms with Crippen LogP contribution >= 0.6 is 0 Å². The van der Waals surface area contributed by atoms with E-state index in [1.54, 1.807) is 7.11 Å². The van der Waals surface area contributed by atoms with Crippen LogP contribution in [-0.2, 0) is 46.9 Å². The fraction of sp³-hybridized carbons (Fsp3) is 0.545. The third-order valence-corrected chi connectivity index (χ3v) is 7.59. The maximum atomic E-state index is 13.5. The van der Waals surface area contributed by atoms with Crippen LogP contribution in [0.15, 0.2) is 11.0 Å². The highest BCUT2D eigenvalue weighted by atomic mass is 32.2. The number of carbonyl (C=O) groups is 1. The van der Waals surface area contributed by atoms with E-state index in [1.807, 2.05) is 13.8 Å². The fourth-order valence-corrected chi connectivity index (χ4v) is 5.96. The minimum atomic E-state index is -3.73. The number of methoxy groups -OCH3 is 1. The van der Waals surface area contributed by atoms with Gasteiger partial charge < -0.3 is 14.8 Å². The summed E-state index contributed by atoms with van der Waals surface area (Å²) in [5.74, 6) is -0.364. The number of aryl methyl sites for hydroxylation is 1. The van der Waals surface area contributed by atoms with Gasteiger partial charge in [0, 0.05) is 24.6 Å². The van der Waals surface area contributed by atoms with E-state index in [9.17, 15) is 9.00 Å². The molecule has 0 spiro atoms. The first kappa shape index (κ1) is 21.4. The third kappa shape index (κ3) is 3.50. The Hall–Kier alpha value is -2.43. The molecule has 0 radical (unpaired) electrons. The van der Waals surface area contributed by atoms with Crippen LogP contribution in [-0.4, -0.2) is 39.7 Å². The number of fused-ring (bicyclic) bond motifs is 3. The number of ether oxygens (including phenoxy) is 2. The minimum absolute atomic E-state index is 0.0883. The molecule has 1 amide bonds. The van der Waals surface area contributed by atoms with E-state index in [0.717, 1.165) is 48.9 Å². The van der Waals surface area contributed by atoms with Gasteiger partial charge in [-0.2, -0.15) is 5.10 Å². The van der Waals surface area contributed by atoms with Crippen LogP contribution in [0.25, 0.3) is 0 Å². The molecular formula is C22H29N5O4S. The monoisotopic (exact) mass is 459 g/mol. The molecule has 1 aromatic carbocycles. The number of nitrogens with zero attached hydrogens (tertiary/aromatic N) is 2. The van der Waals surface area contributed by atoms with E-state index in [-0.39, 0.29) is 28.0 Å². The molecule has 4 N–H and O–H groups in total. The summed E-state index contributed by atoms with van der Waals surface area (Å²) in [6, 6.07) is 2.25. The minimum Gasteiger partial charge on any atom is -0.476 e. The normalized spacial score (nSPS) is 22.4. The smallest absolute Gasteiger partial charge is 0.277 e. The second kappa shape index (κ2) is 7.29. The molecule has 172 valence electrons. The molecule has 1 aromatic heterocycles. The molecule has 1 unspecified atom stereocenters.